The zero-order valence-electron chi connectivity index (χ0n) is 16.8. The fourth-order valence-electron chi connectivity index (χ4n) is 3.58. The third kappa shape index (κ3) is 4.98. The van der Waals surface area contributed by atoms with Crippen molar-refractivity contribution in [3.05, 3.63) is 64.2 Å². The Kier molecular flexibility index (Phi) is 6.18. The van der Waals surface area contributed by atoms with Gasteiger partial charge in [-0.2, -0.15) is 10.2 Å². The minimum absolute atomic E-state index is 0.0322. The van der Waals surface area contributed by atoms with E-state index in [1.54, 1.807) is 0 Å². The van der Waals surface area contributed by atoms with Crippen molar-refractivity contribution in [3.63, 3.8) is 0 Å². The molecule has 3 aromatic rings. The summed E-state index contributed by atoms with van der Waals surface area (Å²) in [6.07, 6.45) is 2.78. The molecule has 8 heteroatoms. The lowest BCUT2D eigenvalue weighted by molar-refractivity contribution is -0.0350. The molecule has 0 aliphatic carbocycles. The quantitative estimate of drug-likeness (QED) is 0.641. The number of ether oxygens (including phenoxy) is 2. The molecule has 3 heterocycles. The topological polar surface area (TPSA) is 68.2 Å². The average molecular weight is 416 g/mol. The van der Waals surface area contributed by atoms with Gasteiger partial charge in [0.15, 0.2) is 0 Å². The van der Waals surface area contributed by atoms with E-state index in [4.69, 9.17) is 21.1 Å². The van der Waals surface area contributed by atoms with Crippen molar-refractivity contribution in [2.75, 3.05) is 26.3 Å². The first-order valence-corrected chi connectivity index (χ1v) is 10.2. The van der Waals surface area contributed by atoms with Crippen LogP contribution in [0.5, 0.6) is 5.75 Å². The Balaban J connectivity index is 1.31. The van der Waals surface area contributed by atoms with E-state index in [-0.39, 0.29) is 6.10 Å². The van der Waals surface area contributed by atoms with Crippen molar-refractivity contribution in [2.45, 2.75) is 26.0 Å². The van der Waals surface area contributed by atoms with Gasteiger partial charge in [-0.1, -0.05) is 23.7 Å². The highest BCUT2D eigenvalue weighted by molar-refractivity contribution is 6.32. The predicted octanol–water partition coefficient (Wildman–Crippen LogP) is 3.30. The second-order valence-corrected chi connectivity index (χ2v) is 7.76. The number of hydrogen-bond acceptors (Lipinski definition) is 5. The van der Waals surface area contributed by atoms with Crippen molar-refractivity contribution >= 4 is 11.6 Å². The first kappa shape index (κ1) is 19.9. The summed E-state index contributed by atoms with van der Waals surface area (Å²) < 4.78 is 13.6. The summed E-state index contributed by atoms with van der Waals surface area (Å²) in [7, 11) is 1.96. The van der Waals surface area contributed by atoms with Crippen molar-refractivity contribution in [1.29, 1.82) is 0 Å². The number of H-pyrrole nitrogens is 1. The van der Waals surface area contributed by atoms with Crippen LogP contribution in [0.3, 0.4) is 0 Å². The third-order valence-corrected chi connectivity index (χ3v) is 5.42. The lowest BCUT2D eigenvalue weighted by Crippen LogP contribution is -2.38. The number of nitrogens with one attached hydrogen (secondary N) is 1. The Morgan fingerprint density at radius 3 is 3.00 bits per heavy atom. The Labute approximate surface area is 175 Å². The fourth-order valence-corrected chi connectivity index (χ4v) is 3.77. The predicted molar refractivity (Wildman–Crippen MR) is 111 cm³/mol. The van der Waals surface area contributed by atoms with Gasteiger partial charge >= 0.3 is 0 Å². The molecular formula is C21H26ClN5O2. The molecule has 1 aromatic carbocycles. The van der Waals surface area contributed by atoms with Gasteiger partial charge in [0.1, 0.15) is 11.9 Å². The average Bonchev–Trinajstić information content (AvgIpc) is 3.30. The second-order valence-electron chi connectivity index (χ2n) is 7.35. The second kappa shape index (κ2) is 8.98. The Bertz CT molecular complexity index is 954. The van der Waals surface area contributed by atoms with Crippen LogP contribution in [-0.4, -0.2) is 51.2 Å². The van der Waals surface area contributed by atoms with Crippen molar-refractivity contribution in [2.24, 2.45) is 7.05 Å². The number of rotatable bonds is 7. The van der Waals surface area contributed by atoms with Gasteiger partial charge < -0.3 is 9.47 Å². The molecule has 1 atom stereocenters. The fraction of sp³-hybridized carbons (Fsp3) is 0.429. The van der Waals surface area contributed by atoms with Crippen LogP contribution in [0.25, 0.3) is 0 Å². The first-order chi connectivity index (χ1) is 14.1. The number of halogens is 1. The molecule has 29 heavy (non-hydrogen) atoms. The molecule has 0 spiro atoms. The lowest BCUT2D eigenvalue weighted by atomic mass is 10.1. The molecule has 2 aromatic heterocycles. The maximum Gasteiger partial charge on any atom is 0.137 e. The molecule has 0 amide bonds. The van der Waals surface area contributed by atoms with Crippen LogP contribution in [0.15, 0.2) is 36.5 Å². The molecule has 1 N–H and O–H groups in total. The van der Waals surface area contributed by atoms with E-state index in [0.29, 0.717) is 24.0 Å². The molecular weight excluding hydrogens is 390 g/mol. The molecule has 154 valence electrons. The van der Waals surface area contributed by atoms with E-state index >= 15 is 0 Å². The minimum atomic E-state index is -0.0322. The van der Waals surface area contributed by atoms with Crippen LogP contribution in [0.4, 0.5) is 0 Å². The molecule has 1 unspecified atom stereocenters. The van der Waals surface area contributed by atoms with Gasteiger partial charge in [0.25, 0.3) is 0 Å². The molecule has 0 saturated carbocycles. The maximum atomic E-state index is 6.12. The van der Waals surface area contributed by atoms with Crippen LogP contribution < -0.4 is 4.74 Å². The zero-order chi connectivity index (χ0) is 20.2. The molecule has 1 aliphatic rings. The number of nitrogens with zero attached hydrogens (tertiary/aromatic N) is 4. The van der Waals surface area contributed by atoms with Crippen LogP contribution in [0, 0.1) is 6.92 Å². The molecule has 1 saturated heterocycles. The standard InChI is InChI=1S/C21H26ClN5O2/c1-15-16(12-26(2)25-15)13-27-8-10-29-21(14-27)19-11-17(23-24-19)7-9-28-20-6-4-3-5-18(20)22/h3-6,11-12,21H,7-10,13-14H2,1-2H3,(H,23,24). The largest absolute Gasteiger partial charge is 0.492 e. The summed E-state index contributed by atoms with van der Waals surface area (Å²) >= 11 is 6.12. The molecule has 7 nitrogen and oxygen atoms in total. The van der Waals surface area contributed by atoms with Crippen molar-refractivity contribution in [3.8, 4) is 5.75 Å². The van der Waals surface area contributed by atoms with Gasteiger partial charge in [0.2, 0.25) is 0 Å². The summed E-state index contributed by atoms with van der Waals surface area (Å²) in [6.45, 7) is 5.88. The van der Waals surface area contributed by atoms with E-state index in [2.05, 4.69) is 39.4 Å². The number of aromatic nitrogens is 4. The first-order valence-electron chi connectivity index (χ1n) is 9.83. The molecule has 1 aliphatic heterocycles. The molecule has 4 rings (SSSR count). The number of aryl methyl sites for hydroxylation is 2. The Hall–Kier alpha value is -2.35. The maximum absolute atomic E-state index is 6.12. The van der Waals surface area contributed by atoms with Gasteiger partial charge in [-0.3, -0.25) is 14.7 Å². The summed E-state index contributed by atoms with van der Waals surface area (Å²) in [5.74, 6) is 0.700. The number of benzene rings is 1. The van der Waals surface area contributed by atoms with Crippen molar-refractivity contribution < 1.29 is 9.47 Å². The van der Waals surface area contributed by atoms with E-state index < -0.39 is 0 Å². The monoisotopic (exact) mass is 415 g/mol. The van der Waals surface area contributed by atoms with Crippen LogP contribution >= 0.6 is 11.6 Å². The summed E-state index contributed by atoms with van der Waals surface area (Å²) in [5, 5.41) is 12.6. The van der Waals surface area contributed by atoms with E-state index in [1.165, 1.54) is 5.56 Å². The molecule has 0 bridgehead atoms. The SMILES string of the molecule is Cc1nn(C)cc1CN1CCOC(c2cc(CCOc3ccccc3Cl)[nH]n2)C1. The summed E-state index contributed by atoms with van der Waals surface area (Å²) in [4.78, 5) is 2.40. The number of para-hydroxylation sites is 1. The van der Waals surface area contributed by atoms with Crippen molar-refractivity contribution in [1.82, 2.24) is 24.9 Å². The third-order valence-electron chi connectivity index (χ3n) is 5.11. The van der Waals surface area contributed by atoms with Gasteiger partial charge in [-0.05, 0) is 25.1 Å². The number of hydrogen-bond donors (Lipinski definition) is 1. The smallest absolute Gasteiger partial charge is 0.137 e. The summed E-state index contributed by atoms with van der Waals surface area (Å²) in [5.41, 5.74) is 4.30. The number of morpholine rings is 1. The van der Waals surface area contributed by atoms with Gasteiger partial charge in [0, 0.05) is 50.6 Å². The highest BCUT2D eigenvalue weighted by Crippen LogP contribution is 2.24. The van der Waals surface area contributed by atoms with E-state index in [1.807, 2.05) is 36.0 Å². The Morgan fingerprint density at radius 2 is 2.21 bits per heavy atom. The Morgan fingerprint density at radius 1 is 1.34 bits per heavy atom. The highest BCUT2D eigenvalue weighted by Gasteiger charge is 2.25. The minimum Gasteiger partial charge on any atom is -0.492 e. The lowest BCUT2D eigenvalue weighted by Gasteiger charge is -2.31. The van der Waals surface area contributed by atoms with Gasteiger partial charge in [0.05, 0.1) is 29.6 Å². The molecule has 1 fully saturated rings. The van der Waals surface area contributed by atoms with Gasteiger partial charge in [-0.15, -0.1) is 0 Å². The summed E-state index contributed by atoms with van der Waals surface area (Å²) in [6, 6.07) is 9.56. The normalized spacial score (nSPS) is 17.6. The van der Waals surface area contributed by atoms with Crippen LogP contribution in [-0.2, 0) is 24.8 Å². The van der Waals surface area contributed by atoms with Crippen LogP contribution in [0.2, 0.25) is 5.02 Å². The molecule has 0 radical (unpaired) electrons. The van der Waals surface area contributed by atoms with Gasteiger partial charge in [-0.25, -0.2) is 0 Å². The van der Waals surface area contributed by atoms with Crippen LogP contribution in [0.1, 0.15) is 28.7 Å². The zero-order valence-corrected chi connectivity index (χ0v) is 17.5. The number of aromatic amines is 1. The highest BCUT2D eigenvalue weighted by atomic mass is 35.5. The van der Waals surface area contributed by atoms with E-state index in [9.17, 15) is 0 Å². The van der Waals surface area contributed by atoms with E-state index in [0.717, 1.165) is 43.1 Å².